The molecule has 0 aliphatic heterocycles. The first-order valence-electron chi connectivity index (χ1n) is 15.9. The molecule has 3 heteroatoms. The number of hydrogen-bond acceptors (Lipinski definition) is 2. The molecule has 47 heavy (non-hydrogen) atoms. The molecule has 220 valence electrons. The SMILES string of the molecule is c1ccc(-c2ccc(N(c3ccc4oc5ccccc5c4c3)c3ccc4ccc5ccc6c7ccccc7[se]c6c5c4c3)cc2)cc1. The second-order valence-electron chi connectivity index (χ2n) is 12.1. The molecule has 0 amide bonds. The Labute approximate surface area is 277 Å². The van der Waals surface area contributed by atoms with E-state index >= 15 is 0 Å². The van der Waals surface area contributed by atoms with Gasteiger partial charge in [0.1, 0.15) is 0 Å². The third kappa shape index (κ3) is 4.25. The Kier molecular flexibility index (Phi) is 5.92. The number of benzene rings is 8. The van der Waals surface area contributed by atoms with E-state index in [1.165, 1.54) is 52.0 Å². The van der Waals surface area contributed by atoms with Crippen LogP contribution in [0.2, 0.25) is 0 Å². The summed E-state index contributed by atoms with van der Waals surface area (Å²) < 4.78 is 9.18. The maximum atomic E-state index is 6.22. The van der Waals surface area contributed by atoms with Gasteiger partial charge in [-0.3, -0.25) is 0 Å². The molecule has 0 fully saturated rings. The summed E-state index contributed by atoms with van der Waals surface area (Å²) in [6.07, 6.45) is 0. The first-order chi connectivity index (χ1) is 23.3. The molecule has 2 aromatic heterocycles. The van der Waals surface area contributed by atoms with Crippen molar-refractivity contribution >= 4 is 94.3 Å². The maximum absolute atomic E-state index is 6.22. The molecule has 0 aliphatic rings. The Morgan fingerprint density at radius 1 is 0.404 bits per heavy atom. The van der Waals surface area contributed by atoms with Crippen LogP contribution in [0.15, 0.2) is 168 Å². The van der Waals surface area contributed by atoms with Crippen LogP contribution in [-0.4, -0.2) is 14.5 Å². The van der Waals surface area contributed by atoms with Crippen molar-refractivity contribution in [1.29, 1.82) is 0 Å². The molecule has 10 rings (SSSR count). The van der Waals surface area contributed by atoms with Crippen molar-refractivity contribution < 1.29 is 4.42 Å². The minimum atomic E-state index is 0.260. The fourth-order valence-electron chi connectivity index (χ4n) is 7.18. The number of hydrogen-bond donors (Lipinski definition) is 0. The van der Waals surface area contributed by atoms with Gasteiger partial charge in [0.15, 0.2) is 0 Å². The quantitative estimate of drug-likeness (QED) is 0.138. The van der Waals surface area contributed by atoms with Crippen LogP contribution >= 0.6 is 0 Å². The van der Waals surface area contributed by atoms with Gasteiger partial charge in [0.2, 0.25) is 0 Å². The Hall–Kier alpha value is -5.60. The first-order valence-corrected chi connectivity index (χ1v) is 17.6. The van der Waals surface area contributed by atoms with Crippen LogP contribution in [0, 0.1) is 0 Å². The standard InChI is InChI=1S/C44H27NOSe/c1-2-8-28(9-3-1)29-16-20-32(21-17-29)45(34-23-25-41-39(27-34)35-10-4-6-12-40(35)46-41)33-22-18-30-14-15-31-19-24-37-36-11-5-7-13-42(36)47-44(37)43(31)38(30)26-33/h1-27H. The number of fused-ring (bicyclic) bond motifs is 10. The summed E-state index contributed by atoms with van der Waals surface area (Å²) >= 11 is 0.260. The molecular weight excluding hydrogens is 637 g/mol. The molecule has 2 heterocycles. The Morgan fingerprint density at radius 2 is 1.02 bits per heavy atom. The topological polar surface area (TPSA) is 16.4 Å². The van der Waals surface area contributed by atoms with Crippen LogP contribution in [0.5, 0.6) is 0 Å². The van der Waals surface area contributed by atoms with Crippen molar-refractivity contribution in [3.8, 4) is 11.1 Å². The van der Waals surface area contributed by atoms with Crippen molar-refractivity contribution in [2.24, 2.45) is 0 Å². The minimum absolute atomic E-state index is 0.260. The van der Waals surface area contributed by atoms with Gasteiger partial charge in [-0.1, -0.05) is 24.3 Å². The van der Waals surface area contributed by atoms with E-state index in [1.54, 1.807) is 0 Å². The van der Waals surface area contributed by atoms with Gasteiger partial charge in [0, 0.05) is 0 Å². The predicted octanol–water partition coefficient (Wildman–Crippen LogP) is 12.4. The van der Waals surface area contributed by atoms with Crippen molar-refractivity contribution in [2.45, 2.75) is 0 Å². The van der Waals surface area contributed by atoms with Gasteiger partial charge in [-0.05, 0) is 0 Å². The van der Waals surface area contributed by atoms with Crippen molar-refractivity contribution in [3.63, 3.8) is 0 Å². The van der Waals surface area contributed by atoms with E-state index in [9.17, 15) is 0 Å². The van der Waals surface area contributed by atoms with Gasteiger partial charge in [0.05, 0.1) is 0 Å². The number of anilines is 3. The molecule has 8 aromatic carbocycles. The van der Waals surface area contributed by atoms with Crippen LogP contribution in [0.3, 0.4) is 0 Å². The van der Waals surface area contributed by atoms with E-state index in [1.807, 2.05) is 12.1 Å². The van der Waals surface area contributed by atoms with Gasteiger partial charge in [0.25, 0.3) is 0 Å². The molecular formula is C44H27NOSe. The van der Waals surface area contributed by atoms with Crippen LogP contribution in [-0.2, 0) is 0 Å². The third-order valence-electron chi connectivity index (χ3n) is 9.44. The Balaban J connectivity index is 1.22. The molecule has 0 N–H and O–H groups in total. The zero-order valence-electron chi connectivity index (χ0n) is 25.4. The number of furan rings is 1. The third-order valence-corrected chi connectivity index (χ3v) is 12.0. The molecule has 0 saturated carbocycles. The van der Waals surface area contributed by atoms with E-state index in [0.29, 0.717) is 0 Å². The molecule has 0 aliphatic carbocycles. The fraction of sp³-hybridized carbons (Fsp3) is 0. The zero-order chi connectivity index (χ0) is 30.9. The Bertz CT molecular complexity index is 2790. The van der Waals surface area contributed by atoms with Gasteiger partial charge >= 0.3 is 254 Å². The van der Waals surface area contributed by atoms with Crippen molar-refractivity contribution in [1.82, 2.24) is 0 Å². The van der Waals surface area contributed by atoms with E-state index in [2.05, 4.69) is 157 Å². The first kappa shape index (κ1) is 26.6. The van der Waals surface area contributed by atoms with Crippen LogP contribution in [0.25, 0.3) is 73.9 Å². The smallest absolute Gasteiger partial charge is 0.0617 e. The number of nitrogens with zero attached hydrogens (tertiary/aromatic N) is 1. The van der Waals surface area contributed by atoms with E-state index in [4.69, 9.17) is 4.42 Å². The monoisotopic (exact) mass is 665 g/mol. The summed E-state index contributed by atoms with van der Waals surface area (Å²) in [6, 6.07) is 59.4. The second kappa shape index (κ2) is 10.5. The summed E-state index contributed by atoms with van der Waals surface area (Å²) in [6.45, 7) is 0. The van der Waals surface area contributed by atoms with Crippen LogP contribution in [0.1, 0.15) is 0 Å². The molecule has 0 spiro atoms. The van der Waals surface area contributed by atoms with E-state index < -0.39 is 0 Å². The average Bonchev–Trinajstić information content (AvgIpc) is 3.70. The van der Waals surface area contributed by atoms with E-state index in [0.717, 1.165) is 39.0 Å². The van der Waals surface area contributed by atoms with Gasteiger partial charge in [-0.2, -0.15) is 0 Å². The summed E-state index contributed by atoms with van der Waals surface area (Å²) in [5.74, 6) is 0. The summed E-state index contributed by atoms with van der Waals surface area (Å²) in [7, 11) is 0. The Morgan fingerprint density at radius 3 is 1.89 bits per heavy atom. The molecule has 0 bridgehead atoms. The molecule has 2 nitrogen and oxygen atoms in total. The molecule has 0 atom stereocenters. The van der Waals surface area contributed by atoms with Crippen molar-refractivity contribution in [3.05, 3.63) is 164 Å². The molecule has 0 radical (unpaired) electrons. The molecule has 0 saturated heterocycles. The fourth-order valence-corrected chi connectivity index (χ4v) is 9.85. The molecule has 0 unspecified atom stereocenters. The van der Waals surface area contributed by atoms with Gasteiger partial charge in [-0.15, -0.1) is 0 Å². The summed E-state index contributed by atoms with van der Waals surface area (Å²) in [5.41, 5.74) is 7.56. The number of para-hydroxylation sites is 1. The average molecular weight is 665 g/mol. The van der Waals surface area contributed by atoms with Gasteiger partial charge < -0.3 is 0 Å². The van der Waals surface area contributed by atoms with Crippen LogP contribution in [0.4, 0.5) is 17.1 Å². The number of rotatable bonds is 4. The zero-order valence-corrected chi connectivity index (χ0v) is 27.1. The van der Waals surface area contributed by atoms with Crippen molar-refractivity contribution in [2.75, 3.05) is 4.90 Å². The van der Waals surface area contributed by atoms with Gasteiger partial charge in [-0.25, -0.2) is 0 Å². The minimum Gasteiger partial charge on any atom is -0.0617 e. The normalized spacial score (nSPS) is 11.8. The van der Waals surface area contributed by atoms with E-state index in [-0.39, 0.29) is 14.5 Å². The predicted molar refractivity (Wildman–Crippen MR) is 201 cm³/mol. The summed E-state index contributed by atoms with van der Waals surface area (Å²) in [4.78, 5) is 2.39. The second-order valence-corrected chi connectivity index (χ2v) is 14.3. The molecule has 10 aromatic rings. The summed E-state index contributed by atoms with van der Waals surface area (Å²) in [5, 5.41) is 10.3. The van der Waals surface area contributed by atoms with Crippen LogP contribution < -0.4 is 4.90 Å².